The minimum Gasteiger partial charge on any atom is -0.374 e. The van der Waals surface area contributed by atoms with Gasteiger partial charge in [0.25, 0.3) is 0 Å². The molecule has 0 heterocycles. The first-order chi connectivity index (χ1) is 9.97. The minimum atomic E-state index is -0.385. The first-order valence-electron chi connectivity index (χ1n) is 7.80. The molecule has 0 bridgehead atoms. The van der Waals surface area contributed by atoms with Crippen LogP contribution in [0.1, 0.15) is 45.1 Å². The van der Waals surface area contributed by atoms with E-state index in [1.807, 2.05) is 13.0 Å². The highest BCUT2D eigenvalue weighted by atomic mass is 35.5. The van der Waals surface area contributed by atoms with E-state index >= 15 is 0 Å². The largest absolute Gasteiger partial charge is 0.374 e. The quantitative estimate of drug-likeness (QED) is 0.878. The molecular weight excluding hydrogens is 289 g/mol. The summed E-state index contributed by atoms with van der Waals surface area (Å²) in [6.07, 6.45) is 4.96. The molecule has 0 radical (unpaired) electrons. The zero-order valence-electron chi connectivity index (χ0n) is 12.9. The third-order valence-corrected chi connectivity index (χ3v) is 4.84. The van der Waals surface area contributed by atoms with Gasteiger partial charge in [0, 0.05) is 12.6 Å². The van der Waals surface area contributed by atoms with E-state index < -0.39 is 0 Å². The number of hydrogen-bond donors (Lipinski definition) is 1. The summed E-state index contributed by atoms with van der Waals surface area (Å²) >= 11 is 5.73. The molecule has 3 atom stereocenters. The van der Waals surface area contributed by atoms with Crippen LogP contribution in [-0.4, -0.2) is 18.2 Å². The molecule has 1 saturated carbocycles. The molecule has 0 saturated heterocycles. The van der Waals surface area contributed by atoms with Crippen LogP contribution in [0.2, 0.25) is 5.02 Å². The molecule has 2 nitrogen and oxygen atoms in total. The van der Waals surface area contributed by atoms with E-state index in [-0.39, 0.29) is 22.5 Å². The highest BCUT2D eigenvalue weighted by Crippen LogP contribution is 2.38. The Morgan fingerprint density at radius 2 is 2.29 bits per heavy atom. The first kappa shape index (κ1) is 16.7. The molecule has 3 unspecified atom stereocenters. The summed E-state index contributed by atoms with van der Waals surface area (Å²) in [6.45, 7) is 4.92. The maximum absolute atomic E-state index is 13.6. The number of halogens is 2. The van der Waals surface area contributed by atoms with Crippen LogP contribution in [-0.2, 0) is 11.2 Å². The lowest BCUT2D eigenvalue weighted by atomic mass is 9.73. The third kappa shape index (κ3) is 3.97. The zero-order chi connectivity index (χ0) is 15.5. The van der Waals surface area contributed by atoms with Crippen molar-refractivity contribution in [1.29, 1.82) is 0 Å². The smallest absolute Gasteiger partial charge is 0.142 e. The van der Waals surface area contributed by atoms with Gasteiger partial charge < -0.3 is 10.5 Å². The summed E-state index contributed by atoms with van der Waals surface area (Å²) in [6, 6.07) is 4.79. The van der Waals surface area contributed by atoms with E-state index in [4.69, 9.17) is 22.1 Å². The lowest BCUT2D eigenvalue weighted by molar-refractivity contribution is -0.0925. The van der Waals surface area contributed by atoms with Gasteiger partial charge in [0.2, 0.25) is 0 Å². The zero-order valence-corrected chi connectivity index (χ0v) is 13.6. The molecule has 0 aromatic heterocycles. The molecule has 0 aliphatic heterocycles. The summed E-state index contributed by atoms with van der Waals surface area (Å²) < 4.78 is 19.7. The second-order valence-electron chi connectivity index (χ2n) is 6.26. The van der Waals surface area contributed by atoms with Crippen molar-refractivity contribution in [2.45, 2.75) is 57.6 Å². The van der Waals surface area contributed by atoms with Gasteiger partial charge >= 0.3 is 0 Å². The van der Waals surface area contributed by atoms with Crippen LogP contribution in [0.3, 0.4) is 0 Å². The average molecular weight is 314 g/mol. The Bertz CT molecular complexity index is 478. The molecule has 1 fully saturated rings. The number of hydrogen-bond acceptors (Lipinski definition) is 2. The number of benzene rings is 1. The van der Waals surface area contributed by atoms with Crippen molar-refractivity contribution in [2.24, 2.45) is 11.7 Å². The second kappa shape index (κ2) is 7.08. The molecule has 2 N–H and O–H groups in total. The van der Waals surface area contributed by atoms with Crippen molar-refractivity contribution in [1.82, 2.24) is 0 Å². The highest BCUT2D eigenvalue weighted by Gasteiger charge is 2.40. The topological polar surface area (TPSA) is 35.2 Å². The summed E-state index contributed by atoms with van der Waals surface area (Å²) in [5, 5.41) is 0.151. The first-order valence-corrected chi connectivity index (χ1v) is 8.18. The maximum atomic E-state index is 13.6. The van der Waals surface area contributed by atoms with Gasteiger partial charge in [0.15, 0.2) is 0 Å². The Morgan fingerprint density at radius 3 is 2.90 bits per heavy atom. The lowest BCUT2D eigenvalue weighted by Gasteiger charge is -2.44. The second-order valence-corrected chi connectivity index (χ2v) is 6.67. The maximum Gasteiger partial charge on any atom is 0.142 e. The van der Waals surface area contributed by atoms with Crippen LogP contribution >= 0.6 is 11.6 Å². The summed E-state index contributed by atoms with van der Waals surface area (Å²) in [5.41, 5.74) is 7.07. The van der Waals surface area contributed by atoms with Crippen molar-refractivity contribution in [3.63, 3.8) is 0 Å². The normalized spacial score (nSPS) is 27.6. The molecule has 4 heteroatoms. The van der Waals surface area contributed by atoms with Crippen LogP contribution in [0.4, 0.5) is 4.39 Å². The van der Waals surface area contributed by atoms with Gasteiger partial charge in [-0.3, -0.25) is 0 Å². The molecule has 21 heavy (non-hydrogen) atoms. The van der Waals surface area contributed by atoms with E-state index in [0.717, 1.165) is 24.8 Å². The van der Waals surface area contributed by atoms with Gasteiger partial charge in [-0.05, 0) is 49.8 Å². The van der Waals surface area contributed by atoms with Crippen molar-refractivity contribution in [3.05, 3.63) is 34.6 Å². The van der Waals surface area contributed by atoms with Crippen molar-refractivity contribution >= 4 is 11.6 Å². The van der Waals surface area contributed by atoms with Gasteiger partial charge in [-0.25, -0.2) is 4.39 Å². The SMILES string of the molecule is CCOC1(C(N)Cc2ccc(Cl)c(F)c2)CCCC(C)C1. The highest BCUT2D eigenvalue weighted by molar-refractivity contribution is 6.30. The Balaban J connectivity index is 2.14. The predicted octanol–water partition coefficient (Wildman–Crippen LogP) is 4.33. The fourth-order valence-electron chi connectivity index (χ4n) is 3.51. The van der Waals surface area contributed by atoms with E-state index in [1.54, 1.807) is 6.07 Å². The fourth-order valence-corrected chi connectivity index (χ4v) is 3.63. The molecule has 2 rings (SSSR count). The van der Waals surface area contributed by atoms with E-state index in [9.17, 15) is 4.39 Å². The molecule has 118 valence electrons. The van der Waals surface area contributed by atoms with Crippen molar-refractivity contribution < 1.29 is 9.13 Å². The lowest BCUT2D eigenvalue weighted by Crippen LogP contribution is -2.53. The van der Waals surface area contributed by atoms with Crippen LogP contribution in [0.15, 0.2) is 18.2 Å². The number of nitrogens with two attached hydrogens (primary N) is 1. The molecule has 0 spiro atoms. The van der Waals surface area contributed by atoms with Gasteiger partial charge in [-0.15, -0.1) is 0 Å². The Morgan fingerprint density at radius 1 is 1.52 bits per heavy atom. The summed E-state index contributed by atoms with van der Waals surface area (Å²) in [7, 11) is 0. The molecule has 0 amide bonds. The van der Waals surface area contributed by atoms with Gasteiger partial charge in [0.05, 0.1) is 10.6 Å². The van der Waals surface area contributed by atoms with E-state index in [2.05, 4.69) is 6.92 Å². The van der Waals surface area contributed by atoms with Gasteiger partial charge in [0.1, 0.15) is 5.82 Å². The Labute approximate surface area is 131 Å². The van der Waals surface area contributed by atoms with E-state index in [1.165, 1.54) is 12.5 Å². The van der Waals surface area contributed by atoms with Crippen LogP contribution in [0, 0.1) is 11.7 Å². The third-order valence-electron chi connectivity index (χ3n) is 4.54. The fraction of sp³-hybridized carbons (Fsp3) is 0.647. The Kier molecular flexibility index (Phi) is 5.64. The van der Waals surface area contributed by atoms with Crippen molar-refractivity contribution in [3.8, 4) is 0 Å². The molecule has 1 aliphatic carbocycles. The molecule has 1 aromatic rings. The number of ether oxygens (including phenoxy) is 1. The van der Waals surface area contributed by atoms with Crippen molar-refractivity contribution in [2.75, 3.05) is 6.61 Å². The number of rotatable bonds is 5. The monoisotopic (exact) mass is 313 g/mol. The average Bonchev–Trinajstić information content (AvgIpc) is 2.43. The summed E-state index contributed by atoms with van der Waals surface area (Å²) in [5.74, 6) is 0.238. The predicted molar refractivity (Wildman–Crippen MR) is 85.1 cm³/mol. The molecule has 1 aliphatic rings. The standard InChI is InChI=1S/C17H25ClFNO/c1-3-21-17(8-4-5-12(2)11-17)16(20)10-13-6-7-14(18)15(19)9-13/h6-7,9,12,16H,3-5,8,10-11,20H2,1-2H3. The van der Waals surface area contributed by atoms with Crippen LogP contribution in [0.5, 0.6) is 0 Å². The van der Waals surface area contributed by atoms with E-state index in [0.29, 0.717) is 18.9 Å². The molecule has 1 aromatic carbocycles. The van der Waals surface area contributed by atoms with Crippen LogP contribution in [0.25, 0.3) is 0 Å². The minimum absolute atomic E-state index is 0.124. The van der Waals surface area contributed by atoms with Gasteiger partial charge in [-0.1, -0.05) is 37.4 Å². The van der Waals surface area contributed by atoms with Gasteiger partial charge in [-0.2, -0.15) is 0 Å². The summed E-state index contributed by atoms with van der Waals surface area (Å²) in [4.78, 5) is 0. The Hall–Kier alpha value is -0.640. The molecular formula is C17H25ClFNO. The van der Waals surface area contributed by atoms with Crippen LogP contribution < -0.4 is 5.73 Å².